The smallest absolute Gasteiger partial charge is 0.260 e. The number of thiophene rings is 1. The molecule has 1 atom stereocenters. The number of allylic oxidation sites excluding steroid dienone is 1. The Morgan fingerprint density at radius 1 is 1.47 bits per heavy atom. The van der Waals surface area contributed by atoms with Crippen LogP contribution in [0, 0.1) is 37.0 Å². The van der Waals surface area contributed by atoms with Gasteiger partial charge >= 0.3 is 0 Å². The van der Waals surface area contributed by atoms with E-state index in [0.29, 0.717) is 23.2 Å². The van der Waals surface area contributed by atoms with E-state index in [0.717, 1.165) is 52.8 Å². The minimum Gasteiger partial charge on any atom is -0.348 e. The molecule has 0 bridgehead atoms. The van der Waals surface area contributed by atoms with Crippen LogP contribution in [0.3, 0.4) is 0 Å². The van der Waals surface area contributed by atoms with Gasteiger partial charge in [-0.1, -0.05) is 20.8 Å². The summed E-state index contributed by atoms with van der Waals surface area (Å²) >= 11 is 1.61. The Hall–Kier alpha value is -2.65. The Labute approximate surface area is 181 Å². The van der Waals surface area contributed by atoms with Crippen LogP contribution in [-0.4, -0.2) is 14.5 Å². The molecule has 1 aliphatic carbocycles. The van der Waals surface area contributed by atoms with Gasteiger partial charge in [-0.05, 0) is 68.2 Å². The third kappa shape index (κ3) is 3.63. The topological polar surface area (TPSA) is 74.5 Å². The molecule has 5 nitrogen and oxygen atoms in total. The number of aryl methyl sites for hydroxylation is 2. The first-order valence-corrected chi connectivity index (χ1v) is 11.4. The summed E-state index contributed by atoms with van der Waals surface area (Å²) in [7, 11) is 0. The average Bonchev–Trinajstić information content (AvgIpc) is 3.17. The molecule has 0 amide bonds. The summed E-state index contributed by atoms with van der Waals surface area (Å²) < 4.78 is 2.28. The van der Waals surface area contributed by atoms with Gasteiger partial charge in [-0.3, -0.25) is 4.79 Å². The molecule has 3 heterocycles. The zero-order chi connectivity index (χ0) is 21.6. The van der Waals surface area contributed by atoms with Gasteiger partial charge in [0.2, 0.25) is 0 Å². The third-order valence-corrected chi connectivity index (χ3v) is 7.15. The zero-order valence-electron chi connectivity index (χ0n) is 18.3. The van der Waals surface area contributed by atoms with Gasteiger partial charge in [-0.25, -0.2) is 4.98 Å². The van der Waals surface area contributed by atoms with E-state index < -0.39 is 0 Å². The summed E-state index contributed by atoms with van der Waals surface area (Å²) in [5, 5.41) is 10.5. The van der Waals surface area contributed by atoms with Gasteiger partial charge < -0.3 is 9.55 Å². The summed E-state index contributed by atoms with van der Waals surface area (Å²) in [4.78, 5) is 22.5. The fourth-order valence-electron chi connectivity index (χ4n) is 4.41. The van der Waals surface area contributed by atoms with E-state index >= 15 is 0 Å². The van der Waals surface area contributed by atoms with Crippen molar-refractivity contribution in [2.75, 3.05) is 0 Å². The lowest BCUT2D eigenvalue weighted by Crippen LogP contribution is -2.14. The third-order valence-electron chi connectivity index (χ3n) is 6.00. The number of nitrogens with zero attached hydrogens (tertiary/aromatic N) is 3. The number of fused-ring (bicyclic) bond motifs is 3. The maximum absolute atomic E-state index is 12.9. The van der Waals surface area contributed by atoms with Crippen LogP contribution in [0.4, 0.5) is 0 Å². The van der Waals surface area contributed by atoms with E-state index in [1.165, 1.54) is 10.6 Å². The summed E-state index contributed by atoms with van der Waals surface area (Å²) in [6.45, 7) is 11.7. The van der Waals surface area contributed by atoms with Crippen molar-refractivity contribution >= 4 is 33.2 Å². The molecule has 1 aliphatic rings. The van der Waals surface area contributed by atoms with E-state index in [1.54, 1.807) is 11.3 Å². The molecular formula is C24H28N4OS. The molecule has 3 aromatic rings. The normalized spacial score (nSPS) is 16.8. The molecule has 0 saturated heterocycles. The van der Waals surface area contributed by atoms with Gasteiger partial charge in [0.25, 0.3) is 5.56 Å². The van der Waals surface area contributed by atoms with Crippen LogP contribution in [0.15, 0.2) is 10.9 Å². The predicted molar refractivity (Wildman–Crippen MR) is 124 cm³/mol. The van der Waals surface area contributed by atoms with Crippen molar-refractivity contribution in [3.63, 3.8) is 0 Å². The molecule has 30 heavy (non-hydrogen) atoms. The lowest BCUT2D eigenvalue weighted by molar-refractivity contribution is 0.509. The van der Waals surface area contributed by atoms with Crippen molar-refractivity contribution in [1.82, 2.24) is 14.5 Å². The van der Waals surface area contributed by atoms with Gasteiger partial charge in [0.05, 0.1) is 11.0 Å². The van der Waals surface area contributed by atoms with Crippen LogP contribution in [0.25, 0.3) is 21.9 Å². The lowest BCUT2D eigenvalue weighted by atomic mass is 9.89. The van der Waals surface area contributed by atoms with Crippen LogP contribution in [0.2, 0.25) is 0 Å². The summed E-state index contributed by atoms with van der Waals surface area (Å²) in [5.74, 6) is 1.53. The van der Waals surface area contributed by atoms with Crippen molar-refractivity contribution in [3.8, 4) is 6.07 Å². The molecule has 1 N–H and O–H groups in total. The SMILES string of the molecule is Cc1cc(/C=C(\C#N)c2nc3sc4c(c3c(=O)[nH]2)CCC(C)C4)c(C)n1CC(C)C. The largest absolute Gasteiger partial charge is 0.348 e. The van der Waals surface area contributed by atoms with Crippen molar-refractivity contribution in [1.29, 1.82) is 5.26 Å². The maximum Gasteiger partial charge on any atom is 0.260 e. The highest BCUT2D eigenvalue weighted by atomic mass is 32.1. The Bertz CT molecular complexity index is 1250. The maximum atomic E-state index is 12.9. The lowest BCUT2D eigenvalue weighted by Gasteiger charge is -2.17. The molecule has 0 saturated carbocycles. The second-order valence-corrected chi connectivity index (χ2v) is 10.0. The summed E-state index contributed by atoms with van der Waals surface area (Å²) in [5.41, 5.74) is 4.70. The fraction of sp³-hybridized carbons (Fsp3) is 0.458. The molecule has 0 radical (unpaired) electrons. The van der Waals surface area contributed by atoms with Crippen LogP contribution < -0.4 is 5.56 Å². The molecule has 6 heteroatoms. The van der Waals surface area contributed by atoms with Crippen molar-refractivity contribution in [3.05, 3.63) is 49.6 Å². The number of rotatable bonds is 4. The van der Waals surface area contributed by atoms with Gasteiger partial charge in [-0.2, -0.15) is 5.26 Å². The monoisotopic (exact) mass is 420 g/mol. The first kappa shape index (κ1) is 20.6. The molecule has 3 aromatic heterocycles. The van der Waals surface area contributed by atoms with Crippen molar-refractivity contribution in [2.24, 2.45) is 11.8 Å². The highest BCUT2D eigenvalue weighted by Gasteiger charge is 2.23. The van der Waals surface area contributed by atoms with Crippen molar-refractivity contribution in [2.45, 2.75) is 60.4 Å². The highest BCUT2D eigenvalue weighted by molar-refractivity contribution is 7.18. The van der Waals surface area contributed by atoms with E-state index in [4.69, 9.17) is 4.98 Å². The summed E-state index contributed by atoms with van der Waals surface area (Å²) in [6.07, 6.45) is 4.89. The number of H-pyrrole nitrogens is 1. The van der Waals surface area contributed by atoms with Gasteiger partial charge in [0.1, 0.15) is 10.9 Å². The van der Waals surface area contributed by atoms with Gasteiger partial charge in [0.15, 0.2) is 5.82 Å². The average molecular weight is 421 g/mol. The number of hydrogen-bond acceptors (Lipinski definition) is 4. The van der Waals surface area contributed by atoms with Crippen molar-refractivity contribution < 1.29 is 0 Å². The number of aromatic amines is 1. The molecule has 0 aliphatic heterocycles. The number of nitrogens with one attached hydrogen (secondary N) is 1. The second kappa shape index (κ2) is 7.88. The van der Waals surface area contributed by atoms with E-state index in [-0.39, 0.29) is 5.56 Å². The quantitative estimate of drug-likeness (QED) is 0.586. The Morgan fingerprint density at radius 3 is 2.93 bits per heavy atom. The molecule has 0 spiro atoms. The fourth-order valence-corrected chi connectivity index (χ4v) is 5.79. The predicted octanol–water partition coefficient (Wildman–Crippen LogP) is 5.25. The second-order valence-electron chi connectivity index (χ2n) is 8.95. The van der Waals surface area contributed by atoms with Crippen LogP contribution in [-0.2, 0) is 19.4 Å². The molecule has 156 valence electrons. The van der Waals surface area contributed by atoms with Gasteiger partial charge in [-0.15, -0.1) is 11.3 Å². The summed E-state index contributed by atoms with van der Waals surface area (Å²) in [6, 6.07) is 4.34. The Balaban J connectivity index is 1.79. The first-order valence-electron chi connectivity index (χ1n) is 10.6. The van der Waals surface area contributed by atoms with E-state index in [9.17, 15) is 10.1 Å². The van der Waals surface area contributed by atoms with E-state index in [2.05, 4.69) is 56.3 Å². The van der Waals surface area contributed by atoms with E-state index in [1.807, 2.05) is 6.08 Å². The molecule has 1 unspecified atom stereocenters. The number of aromatic nitrogens is 3. The Morgan fingerprint density at radius 2 is 2.23 bits per heavy atom. The van der Waals surface area contributed by atoms with Crippen LogP contribution in [0.1, 0.15) is 60.4 Å². The first-order chi connectivity index (χ1) is 14.3. The highest BCUT2D eigenvalue weighted by Crippen LogP contribution is 2.36. The van der Waals surface area contributed by atoms with Crippen LogP contribution in [0.5, 0.6) is 0 Å². The standard InChI is InChI=1S/C24H28N4OS/c1-13(2)12-28-15(4)9-17(16(28)5)10-18(11-25)22-26-23(29)21-19-7-6-14(3)8-20(19)30-24(21)27-22/h9-10,13-14H,6-8,12H2,1-5H3,(H,26,27,29)/b18-10+. The minimum atomic E-state index is -0.131. The molecule has 0 fully saturated rings. The number of hydrogen-bond donors (Lipinski definition) is 1. The molecule has 4 rings (SSSR count). The molecular weight excluding hydrogens is 392 g/mol. The zero-order valence-corrected chi connectivity index (χ0v) is 19.1. The number of nitriles is 1. The molecule has 0 aromatic carbocycles. The van der Waals surface area contributed by atoms with Gasteiger partial charge in [0, 0.05) is 22.8 Å². The van der Waals surface area contributed by atoms with Crippen LogP contribution >= 0.6 is 11.3 Å². The Kier molecular flexibility index (Phi) is 5.42. The minimum absolute atomic E-state index is 0.131.